The zero-order chi connectivity index (χ0) is 19.3. The number of hydrogen-bond acceptors (Lipinski definition) is 5. The number of carbonyl (C=O) groups is 1. The zero-order valence-corrected chi connectivity index (χ0v) is 16.2. The molecule has 0 fully saturated rings. The number of hydrogen-bond donors (Lipinski definition) is 0. The van der Waals surface area contributed by atoms with Gasteiger partial charge < -0.3 is 4.74 Å². The van der Waals surface area contributed by atoms with Gasteiger partial charge in [0.15, 0.2) is 11.7 Å². The minimum absolute atomic E-state index is 0.0633. The molecule has 5 nitrogen and oxygen atoms in total. The SMILES string of the molecule is Cc1cccc(OCC(=O)N(Cc2ccccn2)c2nc3ccccc3s2)c1. The molecular formula is C22H19N3O2S. The Bertz CT molecular complexity index is 1060. The molecular weight excluding hydrogens is 370 g/mol. The van der Waals surface area contributed by atoms with E-state index in [0.29, 0.717) is 17.4 Å². The molecule has 0 radical (unpaired) electrons. The average molecular weight is 389 g/mol. The average Bonchev–Trinajstić information content (AvgIpc) is 3.15. The van der Waals surface area contributed by atoms with Crippen molar-refractivity contribution in [2.24, 2.45) is 0 Å². The van der Waals surface area contributed by atoms with Crippen molar-refractivity contribution in [3.63, 3.8) is 0 Å². The molecule has 0 spiro atoms. The number of nitrogens with zero attached hydrogens (tertiary/aromatic N) is 3. The van der Waals surface area contributed by atoms with Crippen molar-refractivity contribution in [3.05, 3.63) is 84.2 Å². The lowest BCUT2D eigenvalue weighted by atomic mass is 10.2. The van der Waals surface area contributed by atoms with Crippen LogP contribution in [0.25, 0.3) is 10.2 Å². The molecule has 140 valence electrons. The van der Waals surface area contributed by atoms with Gasteiger partial charge in [0, 0.05) is 6.20 Å². The quantitative estimate of drug-likeness (QED) is 0.483. The lowest BCUT2D eigenvalue weighted by Crippen LogP contribution is -2.34. The first-order valence-corrected chi connectivity index (χ1v) is 9.76. The molecule has 0 aliphatic heterocycles. The van der Waals surface area contributed by atoms with Crippen molar-refractivity contribution in [1.82, 2.24) is 9.97 Å². The summed E-state index contributed by atoms with van der Waals surface area (Å²) in [6, 6.07) is 21.2. The van der Waals surface area contributed by atoms with Gasteiger partial charge in [0.2, 0.25) is 0 Å². The number of para-hydroxylation sites is 1. The van der Waals surface area contributed by atoms with E-state index >= 15 is 0 Å². The molecule has 4 rings (SSSR count). The smallest absolute Gasteiger partial charge is 0.267 e. The fourth-order valence-electron chi connectivity index (χ4n) is 2.82. The van der Waals surface area contributed by atoms with Gasteiger partial charge in [0.1, 0.15) is 5.75 Å². The zero-order valence-electron chi connectivity index (χ0n) is 15.4. The number of carbonyl (C=O) groups excluding carboxylic acids is 1. The van der Waals surface area contributed by atoms with Gasteiger partial charge in [0.05, 0.1) is 22.5 Å². The lowest BCUT2D eigenvalue weighted by molar-refractivity contribution is -0.120. The van der Waals surface area contributed by atoms with Gasteiger partial charge >= 0.3 is 0 Å². The first-order chi connectivity index (χ1) is 13.7. The van der Waals surface area contributed by atoms with Gasteiger partial charge in [-0.15, -0.1) is 0 Å². The number of anilines is 1. The van der Waals surface area contributed by atoms with Crippen LogP contribution in [-0.2, 0) is 11.3 Å². The second kappa shape index (κ2) is 8.19. The number of aromatic nitrogens is 2. The molecule has 0 N–H and O–H groups in total. The Kier molecular flexibility index (Phi) is 5.30. The molecule has 1 amide bonds. The summed E-state index contributed by atoms with van der Waals surface area (Å²) in [7, 11) is 0. The standard InChI is InChI=1S/C22H19N3O2S/c1-16-7-6-9-18(13-16)27-15-21(26)25(14-17-8-4-5-12-23-17)22-24-19-10-2-3-11-20(19)28-22/h2-13H,14-15H2,1H3. The van der Waals surface area contributed by atoms with E-state index in [4.69, 9.17) is 4.74 Å². The molecule has 2 aromatic carbocycles. The molecule has 28 heavy (non-hydrogen) atoms. The molecule has 2 aromatic heterocycles. The molecule has 0 atom stereocenters. The number of ether oxygens (including phenoxy) is 1. The van der Waals surface area contributed by atoms with Crippen molar-refractivity contribution in [3.8, 4) is 5.75 Å². The van der Waals surface area contributed by atoms with Crippen LogP contribution in [0, 0.1) is 6.92 Å². The third kappa shape index (κ3) is 4.18. The van der Waals surface area contributed by atoms with Crippen LogP contribution in [0.5, 0.6) is 5.75 Å². The number of fused-ring (bicyclic) bond motifs is 1. The summed E-state index contributed by atoms with van der Waals surface area (Å²) in [5.74, 6) is 0.515. The van der Waals surface area contributed by atoms with Crippen molar-refractivity contribution in [2.75, 3.05) is 11.5 Å². The van der Waals surface area contributed by atoms with E-state index in [-0.39, 0.29) is 12.5 Å². The highest BCUT2D eigenvalue weighted by Crippen LogP contribution is 2.29. The van der Waals surface area contributed by atoms with Gasteiger partial charge in [-0.3, -0.25) is 14.7 Å². The molecule has 4 aromatic rings. The molecule has 0 saturated heterocycles. The maximum absolute atomic E-state index is 13.0. The summed E-state index contributed by atoms with van der Waals surface area (Å²) in [5, 5.41) is 0.643. The van der Waals surface area contributed by atoms with E-state index in [2.05, 4.69) is 9.97 Å². The summed E-state index contributed by atoms with van der Waals surface area (Å²) in [5.41, 5.74) is 2.76. The number of pyridine rings is 1. The summed E-state index contributed by atoms with van der Waals surface area (Å²) in [4.78, 5) is 23.7. The van der Waals surface area contributed by atoms with E-state index in [1.165, 1.54) is 11.3 Å². The highest BCUT2D eigenvalue weighted by atomic mass is 32.1. The second-order valence-corrected chi connectivity index (χ2v) is 7.38. The molecule has 0 saturated carbocycles. The van der Waals surface area contributed by atoms with Gasteiger partial charge in [-0.1, -0.05) is 41.7 Å². The first-order valence-electron chi connectivity index (χ1n) is 8.94. The number of rotatable bonds is 6. The predicted octanol–water partition coefficient (Wildman–Crippen LogP) is 4.61. The van der Waals surface area contributed by atoms with Crippen LogP contribution in [-0.4, -0.2) is 22.5 Å². The van der Waals surface area contributed by atoms with Crippen molar-refractivity contribution in [2.45, 2.75) is 13.5 Å². The lowest BCUT2D eigenvalue weighted by Gasteiger charge is -2.19. The largest absolute Gasteiger partial charge is 0.484 e. The van der Waals surface area contributed by atoms with E-state index in [1.54, 1.807) is 11.1 Å². The number of amides is 1. The van der Waals surface area contributed by atoms with Crippen LogP contribution in [0.2, 0.25) is 0 Å². The maximum Gasteiger partial charge on any atom is 0.267 e. The van der Waals surface area contributed by atoms with Gasteiger partial charge in [-0.2, -0.15) is 0 Å². The van der Waals surface area contributed by atoms with Crippen LogP contribution in [0.4, 0.5) is 5.13 Å². The number of thiazole rings is 1. The topological polar surface area (TPSA) is 55.3 Å². The van der Waals surface area contributed by atoms with Gasteiger partial charge in [-0.25, -0.2) is 4.98 Å². The summed E-state index contributed by atoms with van der Waals surface area (Å²) in [6.07, 6.45) is 1.72. The highest BCUT2D eigenvalue weighted by Gasteiger charge is 2.21. The van der Waals surface area contributed by atoms with Gasteiger partial charge in [-0.05, 0) is 48.9 Å². The maximum atomic E-state index is 13.0. The fraction of sp³-hybridized carbons (Fsp3) is 0.136. The second-order valence-electron chi connectivity index (χ2n) is 6.37. The van der Waals surface area contributed by atoms with Crippen molar-refractivity contribution < 1.29 is 9.53 Å². The molecule has 0 aliphatic carbocycles. The Morgan fingerprint density at radius 3 is 2.71 bits per heavy atom. The molecule has 0 aliphatic rings. The third-order valence-corrected chi connectivity index (χ3v) is 5.27. The Labute approximate surface area is 167 Å². The van der Waals surface area contributed by atoms with Crippen LogP contribution >= 0.6 is 11.3 Å². The van der Waals surface area contributed by atoms with Crippen LogP contribution in [0.1, 0.15) is 11.3 Å². The normalized spacial score (nSPS) is 10.8. The van der Waals surface area contributed by atoms with E-state index < -0.39 is 0 Å². The van der Waals surface area contributed by atoms with E-state index in [9.17, 15) is 4.79 Å². The number of aryl methyl sites for hydroxylation is 1. The summed E-state index contributed by atoms with van der Waals surface area (Å²) < 4.78 is 6.77. The van der Waals surface area contributed by atoms with Crippen molar-refractivity contribution in [1.29, 1.82) is 0 Å². The summed E-state index contributed by atoms with van der Waals surface area (Å²) in [6.45, 7) is 2.27. The van der Waals surface area contributed by atoms with Crippen LogP contribution in [0.15, 0.2) is 72.9 Å². The van der Waals surface area contributed by atoms with E-state index in [0.717, 1.165) is 21.5 Å². The first kappa shape index (κ1) is 18.1. The molecule has 0 bridgehead atoms. The molecule has 0 unspecified atom stereocenters. The molecule has 2 heterocycles. The third-order valence-electron chi connectivity index (χ3n) is 4.21. The van der Waals surface area contributed by atoms with Crippen LogP contribution in [0.3, 0.4) is 0 Å². The molecule has 6 heteroatoms. The fourth-order valence-corrected chi connectivity index (χ4v) is 3.80. The Morgan fingerprint density at radius 1 is 1.07 bits per heavy atom. The minimum atomic E-state index is -0.161. The van der Waals surface area contributed by atoms with Gasteiger partial charge in [0.25, 0.3) is 5.91 Å². The predicted molar refractivity (Wildman–Crippen MR) is 112 cm³/mol. The van der Waals surface area contributed by atoms with E-state index in [1.807, 2.05) is 73.7 Å². The minimum Gasteiger partial charge on any atom is -0.484 e. The number of benzene rings is 2. The van der Waals surface area contributed by atoms with Crippen molar-refractivity contribution >= 4 is 32.6 Å². The Hall–Kier alpha value is -3.25. The Balaban J connectivity index is 1.59. The summed E-state index contributed by atoms with van der Waals surface area (Å²) >= 11 is 1.49. The highest BCUT2D eigenvalue weighted by molar-refractivity contribution is 7.22. The Morgan fingerprint density at radius 2 is 1.93 bits per heavy atom. The van der Waals surface area contributed by atoms with Crippen LogP contribution < -0.4 is 9.64 Å². The monoisotopic (exact) mass is 389 g/mol.